The van der Waals surface area contributed by atoms with E-state index in [-0.39, 0.29) is 6.10 Å². The molecule has 0 atom stereocenters. The zero-order valence-electron chi connectivity index (χ0n) is 8.84. The van der Waals surface area contributed by atoms with E-state index in [0.717, 1.165) is 6.40 Å². The molecule has 0 fully saturated rings. The van der Waals surface area contributed by atoms with Gasteiger partial charge in [0.25, 0.3) is 0 Å². The van der Waals surface area contributed by atoms with E-state index >= 15 is 0 Å². The normalized spacial score (nSPS) is 11.2. The molecule has 0 unspecified atom stereocenters. The smallest absolute Gasteiger partial charge is 0.444 e. The third-order valence-corrected chi connectivity index (χ3v) is 0.960. The number of nitrogens with zero attached hydrogens (tertiary/aromatic N) is 3. The molecule has 0 aromatic carbocycles. The van der Waals surface area contributed by atoms with Crippen molar-refractivity contribution in [3.05, 3.63) is 0 Å². The summed E-state index contributed by atoms with van der Waals surface area (Å²) in [5.41, 5.74) is 0. The molecule has 0 aliphatic carbocycles. The maximum absolute atomic E-state index is 10.8. The first-order valence-corrected chi connectivity index (χ1v) is 4.37. The number of carbonyl (C=O) groups excluding carboxylic acids is 2. The average molecular weight is 215 g/mol. The second-order valence-electron chi connectivity index (χ2n) is 2.62. The Hall–Kier alpha value is -1.79. The van der Waals surface area contributed by atoms with Gasteiger partial charge in [-0.05, 0) is 20.8 Å². The van der Waals surface area contributed by atoms with Gasteiger partial charge in [-0.25, -0.2) is 9.59 Å². The molecule has 0 aliphatic rings. The van der Waals surface area contributed by atoms with Gasteiger partial charge in [-0.3, -0.25) is 4.99 Å². The van der Waals surface area contributed by atoms with Crippen molar-refractivity contribution in [3.63, 3.8) is 0 Å². The molecular weight excluding hydrogens is 202 g/mol. The van der Waals surface area contributed by atoms with Gasteiger partial charge in [-0.1, -0.05) is 10.2 Å². The highest BCUT2D eigenvalue weighted by Crippen LogP contribution is 1.93. The van der Waals surface area contributed by atoms with Crippen LogP contribution in [-0.2, 0) is 9.47 Å². The lowest BCUT2D eigenvalue weighted by Gasteiger charge is -2.01. The van der Waals surface area contributed by atoms with Gasteiger partial charge in [0, 0.05) is 6.54 Å². The summed E-state index contributed by atoms with van der Waals surface area (Å²) >= 11 is 0. The van der Waals surface area contributed by atoms with E-state index in [9.17, 15) is 9.59 Å². The fourth-order valence-electron chi connectivity index (χ4n) is 0.487. The maximum Gasteiger partial charge on any atom is 0.458 e. The molecule has 0 aromatic rings. The monoisotopic (exact) mass is 215 g/mol. The van der Waals surface area contributed by atoms with Crippen LogP contribution in [-0.4, -0.2) is 31.2 Å². The number of hydrogen-bond acceptors (Lipinski definition) is 5. The zero-order chi connectivity index (χ0) is 11.7. The lowest BCUT2D eigenvalue weighted by molar-refractivity contribution is 0.123. The van der Waals surface area contributed by atoms with Crippen LogP contribution in [0.1, 0.15) is 20.8 Å². The van der Waals surface area contributed by atoms with Crippen molar-refractivity contribution in [3.8, 4) is 0 Å². The highest BCUT2D eigenvalue weighted by molar-refractivity contribution is 5.78. The maximum atomic E-state index is 10.8. The summed E-state index contributed by atoms with van der Waals surface area (Å²) < 4.78 is 8.92. The Bertz CT molecular complexity index is 273. The number of aliphatic imine (C=N–C) groups is 1. The van der Waals surface area contributed by atoms with E-state index in [4.69, 9.17) is 0 Å². The summed E-state index contributed by atoms with van der Waals surface area (Å²) in [5, 5.41) is 5.92. The van der Waals surface area contributed by atoms with Gasteiger partial charge in [0.15, 0.2) is 6.40 Å². The quantitative estimate of drug-likeness (QED) is 0.410. The molecular formula is C8H13N3O4. The van der Waals surface area contributed by atoms with Gasteiger partial charge in [-0.2, -0.15) is 0 Å². The molecule has 0 saturated carbocycles. The fraction of sp³-hybridized carbons (Fsp3) is 0.625. The van der Waals surface area contributed by atoms with Crippen LogP contribution in [0.15, 0.2) is 15.2 Å². The van der Waals surface area contributed by atoms with E-state index in [0.29, 0.717) is 6.54 Å². The Morgan fingerprint density at radius 3 is 2.40 bits per heavy atom. The first-order valence-electron chi connectivity index (χ1n) is 4.37. The van der Waals surface area contributed by atoms with Gasteiger partial charge in [0.1, 0.15) is 0 Å². The van der Waals surface area contributed by atoms with Crippen LogP contribution in [0.2, 0.25) is 0 Å². The van der Waals surface area contributed by atoms with E-state index in [1.807, 2.05) is 0 Å². The molecule has 15 heavy (non-hydrogen) atoms. The first kappa shape index (κ1) is 13.2. The molecule has 0 N–H and O–H groups in total. The van der Waals surface area contributed by atoms with Crippen molar-refractivity contribution < 1.29 is 19.1 Å². The molecule has 0 bridgehead atoms. The molecule has 2 amide bonds. The average Bonchev–Trinajstić information content (AvgIpc) is 2.14. The van der Waals surface area contributed by atoms with E-state index < -0.39 is 12.2 Å². The minimum Gasteiger partial charge on any atom is -0.444 e. The lowest BCUT2D eigenvalue weighted by Crippen LogP contribution is -2.07. The van der Waals surface area contributed by atoms with Crippen LogP contribution in [0.25, 0.3) is 0 Å². The molecule has 0 rings (SSSR count). The van der Waals surface area contributed by atoms with Crippen molar-refractivity contribution in [2.24, 2.45) is 15.2 Å². The van der Waals surface area contributed by atoms with Crippen LogP contribution >= 0.6 is 0 Å². The summed E-state index contributed by atoms with van der Waals surface area (Å²) in [5.74, 6) is 0. The molecule has 7 heteroatoms. The zero-order valence-corrected chi connectivity index (χ0v) is 8.84. The fourth-order valence-corrected chi connectivity index (χ4v) is 0.487. The number of ether oxygens (including phenoxy) is 2. The highest BCUT2D eigenvalue weighted by Gasteiger charge is 2.04. The van der Waals surface area contributed by atoms with Gasteiger partial charge >= 0.3 is 12.2 Å². The highest BCUT2D eigenvalue weighted by atomic mass is 16.6. The number of azo groups is 1. The molecule has 0 aromatic heterocycles. The molecule has 0 aliphatic heterocycles. The number of amides is 2. The molecule has 0 saturated heterocycles. The SMILES string of the molecule is CC/N=C/OC(=O)/N=N\C(=O)OC(C)C. The summed E-state index contributed by atoms with van der Waals surface area (Å²) in [6.45, 7) is 5.56. The summed E-state index contributed by atoms with van der Waals surface area (Å²) in [6, 6.07) is 0. The third-order valence-electron chi connectivity index (χ3n) is 0.960. The lowest BCUT2D eigenvalue weighted by atomic mass is 10.5. The van der Waals surface area contributed by atoms with Crippen LogP contribution in [0, 0.1) is 0 Å². The van der Waals surface area contributed by atoms with E-state index in [1.165, 1.54) is 0 Å². The minimum absolute atomic E-state index is 0.311. The Kier molecular flexibility index (Phi) is 6.69. The van der Waals surface area contributed by atoms with Crippen molar-refractivity contribution in [1.82, 2.24) is 0 Å². The van der Waals surface area contributed by atoms with Crippen LogP contribution in [0.3, 0.4) is 0 Å². The van der Waals surface area contributed by atoms with Gasteiger partial charge in [0.05, 0.1) is 6.10 Å². The molecule has 0 radical (unpaired) electrons. The van der Waals surface area contributed by atoms with Gasteiger partial charge in [-0.15, -0.1) is 0 Å². The number of rotatable bonds is 3. The van der Waals surface area contributed by atoms with Gasteiger partial charge in [0.2, 0.25) is 0 Å². The minimum atomic E-state index is -1.02. The summed E-state index contributed by atoms with van der Waals surface area (Å²) in [6.07, 6.45) is -1.33. The predicted molar refractivity (Wildman–Crippen MR) is 52.0 cm³/mol. The van der Waals surface area contributed by atoms with Gasteiger partial charge < -0.3 is 9.47 Å². The summed E-state index contributed by atoms with van der Waals surface area (Å²) in [7, 11) is 0. The topological polar surface area (TPSA) is 89.7 Å². The second-order valence-corrected chi connectivity index (χ2v) is 2.62. The standard InChI is InChI=1S/C8H13N3O4/c1-4-9-5-14-7(12)10-11-8(13)15-6(2)3/h5-6H,4H2,1-3H3/b9-5+,11-10-. The van der Waals surface area contributed by atoms with Crippen molar-refractivity contribution >= 4 is 18.6 Å². The molecule has 0 heterocycles. The van der Waals surface area contributed by atoms with E-state index in [2.05, 4.69) is 24.7 Å². The number of carbonyl (C=O) groups is 2. The molecule has 84 valence electrons. The molecule has 0 spiro atoms. The van der Waals surface area contributed by atoms with Crippen molar-refractivity contribution in [2.75, 3.05) is 6.54 Å². The summed E-state index contributed by atoms with van der Waals surface area (Å²) in [4.78, 5) is 25.1. The van der Waals surface area contributed by atoms with Crippen LogP contribution in [0.5, 0.6) is 0 Å². The Morgan fingerprint density at radius 1 is 1.27 bits per heavy atom. The van der Waals surface area contributed by atoms with Crippen LogP contribution < -0.4 is 0 Å². The predicted octanol–water partition coefficient (Wildman–Crippen LogP) is 2.17. The second kappa shape index (κ2) is 7.60. The molecule has 7 nitrogen and oxygen atoms in total. The van der Waals surface area contributed by atoms with Crippen LogP contribution in [0.4, 0.5) is 9.59 Å². The Labute approximate surface area is 87.2 Å². The van der Waals surface area contributed by atoms with Crippen molar-refractivity contribution in [1.29, 1.82) is 0 Å². The number of hydrogen-bond donors (Lipinski definition) is 0. The van der Waals surface area contributed by atoms with E-state index in [1.54, 1.807) is 20.8 Å². The first-order chi connectivity index (χ1) is 7.06. The third kappa shape index (κ3) is 8.54. The Morgan fingerprint density at radius 2 is 1.87 bits per heavy atom. The largest absolute Gasteiger partial charge is 0.458 e. The van der Waals surface area contributed by atoms with Crippen molar-refractivity contribution in [2.45, 2.75) is 26.9 Å². The Balaban J connectivity index is 3.89.